The Kier molecular flexibility index (Phi) is 7.44. The van der Waals surface area contributed by atoms with Crippen molar-refractivity contribution in [2.75, 3.05) is 38.0 Å². The van der Waals surface area contributed by atoms with Crippen molar-refractivity contribution >= 4 is 29.1 Å². The largest absolute Gasteiger partial charge is 0.490 e. The molecular weight excluding hydrogens is 438 g/mol. The van der Waals surface area contributed by atoms with Crippen LogP contribution in [0.1, 0.15) is 29.6 Å². The number of anilines is 2. The van der Waals surface area contributed by atoms with Crippen molar-refractivity contribution in [3.05, 3.63) is 54.1 Å². The minimum atomic E-state index is -0.355. The maximum Gasteiger partial charge on any atom is 0.257 e. The highest BCUT2D eigenvalue weighted by Crippen LogP contribution is 2.32. The lowest BCUT2D eigenvalue weighted by Gasteiger charge is -2.42. The fourth-order valence-corrected chi connectivity index (χ4v) is 4.37. The number of nitrogens with one attached hydrogen (secondary N) is 2. The van der Waals surface area contributed by atoms with Crippen LogP contribution >= 0.6 is 0 Å². The minimum absolute atomic E-state index is 0.0763. The molecule has 3 atom stereocenters. The molecule has 9 heteroatoms. The molecule has 2 aliphatic heterocycles. The van der Waals surface area contributed by atoms with Crippen LogP contribution in [0.2, 0.25) is 0 Å². The normalized spacial score (nSPS) is 21.9. The predicted molar refractivity (Wildman–Crippen MR) is 126 cm³/mol. The van der Waals surface area contributed by atoms with E-state index in [9.17, 15) is 14.4 Å². The molecule has 9 nitrogen and oxygen atoms in total. The average molecular weight is 468 g/mol. The van der Waals surface area contributed by atoms with Gasteiger partial charge in [-0.25, -0.2) is 0 Å². The van der Waals surface area contributed by atoms with Crippen molar-refractivity contribution in [1.82, 2.24) is 4.90 Å². The first-order chi connectivity index (χ1) is 16.4. The van der Waals surface area contributed by atoms with Crippen LogP contribution in [0.25, 0.3) is 0 Å². The molecule has 2 N–H and O–H groups in total. The van der Waals surface area contributed by atoms with E-state index in [1.165, 1.54) is 7.11 Å². The number of benzene rings is 2. The Hall–Kier alpha value is -3.43. The monoisotopic (exact) mass is 467 g/mol. The Bertz CT molecular complexity index is 1040. The molecule has 2 aromatic rings. The standard InChI is InChI=1S/C25H29N3O6/c1-28-20-10-9-18(13-23(29)26-16-6-4-3-5-7-16)34-22(20)14-33-21-11-8-17(12-19(21)25(28)31)27-24(30)15-32-2/h3-8,11-12,18,20,22H,9-10,13-15H2,1-2H3,(H,26,29)(H,27,30)/t18-,20+,22-/m0/s1. The lowest BCUT2D eigenvalue weighted by Crippen LogP contribution is -2.53. The zero-order valence-corrected chi connectivity index (χ0v) is 19.3. The van der Waals surface area contributed by atoms with Gasteiger partial charge in [0.1, 0.15) is 25.1 Å². The Morgan fingerprint density at radius 2 is 1.82 bits per heavy atom. The van der Waals surface area contributed by atoms with Crippen LogP contribution in [0.5, 0.6) is 5.75 Å². The summed E-state index contributed by atoms with van der Waals surface area (Å²) >= 11 is 0. The number of para-hydroxylation sites is 1. The molecule has 0 aliphatic carbocycles. The van der Waals surface area contributed by atoms with Gasteiger partial charge in [-0.2, -0.15) is 0 Å². The number of methoxy groups -OCH3 is 1. The van der Waals surface area contributed by atoms with Crippen molar-refractivity contribution in [2.45, 2.75) is 37.5 Å². The lowest BCUT2D eigenvalue weighted by atomic mass is 9.94. The first-order valence-electron chi connectivity index (χ1n) is 11.3. The molecule has 0 spiro atoms. The van der Waals surface area contributed by atoms with E-state index in [-0.39, 0.29) is 55.6 Å². The second-order valence-corrected chi connectivity index (χ2v) is 8.48. The van der Waals surface area contributed by atoms with E-state index in [0.717, 1.165) is 5.69 Å². The van der Waals surface area contributed by atoms with Gasteiger partial charge in [0, 0.05) is 25.5 Å². The van der Waals surface area contributed by atoms with E-state index in [1.54, 1.807) is 30.1 Å². The molecule has 3 amide bonds. The summed E-state index contributed by atoms with van der Waals surface area (Å²) in [5.41, 5.74) is 1.61. The molecule has 1 saturated heterocycles. The Morgan fingerprint density at radius 3 is 2.59 bits per heavy atom. The lowest BCUT2D eigenvalue weighted by molar-refractivity contribution is -0.130. The molecule has 0 saturated carbocycles. The molecule has 4 rings (SSSR count). The van der Waals surface area contributed by atoms with Gasteiger partial charge >= 0.3 is 0 Å². The number of fused-ring (bicyclic) bond motifs is 2. The number of ether oxygens (including phenoxy) is 3. The van der Waals surface area contributed by atoms with Gasteiger partial charge in [0.25, 0.3) is 5.91 Å². The summed E-state index contributed by atoms with van der Waals surface area (Å²) in [6.07, 6.45) is 0.970. The molecule has 2 aliphatic rings. The number of hydrogen-bond acceptors (Lipinski definition) is 6. The third kappa shape index (κ3) is 5.55. The number of amides is 3. The number of carbonyl (C=O) groups is 3. The first-order valence-corrected chi connectivity index (χ1v) is 11.3. The molecule has 2 heterocycles. The summed E-state index contributed by atoms with van der Waals surface area (Å²) in [6.45, 7) is 0.175. The van der Waals surface area contributed by atoms with E-state index in [0.29, 0.717) is 29.8 Å². The van der Waals surface area contributed by atoms with Crippen molar-refractivity contribution in [3.8, 4) is 5.75 Å². The molecule has 0 radical (unpaired) electrons. The van der Waals surface area contributed by atoms with Crippen molar-refractivity contribution < 1.29 is 28.6 Å². The number of hydrogen-bond donors (Lipinski definition) is 2. The topological polar surface area (TPSA) is 106 Å². The van der Waals surface area contributed by atoms with E-state index < -0.39 is 0 Å². The molecule has 0 bridgehead atoms. The first kappa shape index (κ1) is 23.7. The molecule has 2 aromatic carbocycles. The molecule has 180 valence electrons. The van der Waals surface area contributed by atoms with Crippen LogP contribution in [0.3, 0.4) is 0 Å². The number of rotatable bonds is 6. The quantitative estimate of drug-likeness (QED) is 0.677. The van der Waals surface area contributed by atoms with Gasteiger partial charge in [-0.1, -0.05) is 18.2 Å². The van der Waals surface area contributed by atoms with Crippen LogP contribution in [-0.2, 0) is 19.1 Å². The smallest absolute Gasteiger partial charge is 0.257 e. The number of likely N-dealkylation sites (N-methyl/N-ethyl adjacent to an activating group) is 1. The Morgan fingerprint density at radius 1 is 1.06 bits per heavy atom. The summed E-state index contributed by atoms with van der Waals surface area (Å²) in [6, 6.07) is 14.1. The van der Waals surface area contributed by atoms with Crippen LogP contribution in [0, 0.1) is 0 Å². The molecule has 1 fully saturated rings. The molecule has 0 unspecified atom stereocenters. The molecular formula is C25H29N3O6. The van der Waals surface area contributed by atoms with Gasteiger partial charge in [-0.3, -0.25) is 14.4 Å². The minimum Gasteiger partial charge on any atom is -0.490 e. The van der Waals surface area contributed by atoms with Crippen LogP contribution in [0.15, 0.2) is 48.5 Å². The summed E-state index contributed by atoms with van der Waals surface area (Å²) in [4.78, 5) is 39.2. The predicted octanol–water partition coefficient (Wildman–Crippen LogP) is 2.68. The van der Waals surface area contributed by atoms with Crippen molar-refractivity contribution in [2.24, 2.45) is 0 Å². The summed E-state index contributed by atoms with van der Waals surface area (Å²) < 4.78 is 17.0. The number of carbonyl (C=O) groups excluding carboxylic acids is 3. The van der Waals surface area contributed by atoms with E-state index in [1.807, 2.05) is 30.3 Å². The van der Waals surface area contributed by atoms with Crippen LogP contribution in [-0.4, -0.2) is 68.2 Å². The van der Waals surface area contributed by atoms with Crippen LogP contribution in [0.4, 0.5) is 11.4 Å². The Balaban J connectivity index is 1.42. The zero-order chi connectivity index (χ0) is 24.1. The summed E-state index contributed by atoms with van der Waals surface area (Å²) in [7, 11) is 3.19. The second-order valence-electron chi connectivity index (χ2n) is 8.48. The van der Waals surface area contributed by atoms with Crippen molar-refractivity contribution in [1.29, 1.82) is 0 Å². The highest BCUT2D eigenvalue weighted by molar-refractivity contribution is 6.00. The van der Waals surface area contributed by atoms with Crippen molar-refractivity contribution in [3.63, 3.8) is 0 Å². The van der Waals surface area contributed by atoms with Crippen LogP contribution < -0.4 is 15.4 Å². The van der Waals surface area contributed by atoms with Gasteiger partial charge in [0.15, 0.2) is 0 Å². The highest BCUT2D eigenvalue weighted by atomic mass is 16.5. The average Bonchev–Trinajstić information content (AvgIpc) is 2.82. The molecule has 0 aromatic heterocycles. The fourth-order valence-electron chi connectivity index (χ4n) is 4.37. The van der Waals surface area contributed by atoms with E-state index in [4.69, 9.17) is 14.2 Å². The zero-order valence-electron chi connectivity index (χ0n) is 19.3. The molecule has 34 heavy (non-hydrogen) atoms. The maximum atomic E-state index is 13.3. The SMILES string of the molecule is COCC(=O)Nc1ccc2c(c1)C(=O)N(C)[C@@H]1CC[C@@H](CC(=O)Nc3ccccc3)O[C@H]1CO2. The van der Waals surface area contributed by atoms with E-state index in [2.05, 4.69) is 10.6 Å². The third-order valence-electron chi connectivity index (χ3n) is 6.04. The summed E-state index contributed by atoms with van der Waals surface area (Å²) in [5, 5.41) is 5.60. The van der Waals surface area contributed by atoms with Gasteiger partial charge in [-0.05, 0) is 43.2 Å². The number of nitrogens with zero attached hydrogens (tertiary/aromatic N) is 1. The van der Waals surface area contributed by atoms with Gasteiger partial charge in [0.05, 0.1) is 24.1 Å². The van der Waals surface area contributed by atoms with Gasteiger partial charge < -0.3 is 29.7 Å². The highest BCUT2D eigenvalue weighted by Gasteiger charge is 2.39. The maximum absolute atomic E-state index is 13.3. The fraction of sp³-hybridized carbons (Fsp3) is 0.400. The third-order valence-corrected chi connectivity index (χ3v) is 6.04. The van der Waals surface area contributed by atoms with Gasteiger partial charge in [0.2, 0.25) is 11.8 Å². The van der Waals surface area contributed by atoms with Gasteiger partial charge in [-0.15, -0.1) is 0 Å². The summed E-state index contributed by atoms with van der Waals surface area (Å²) in [5.74, 6) is -0.207. The second kappa shape index (κ2) is 10.7. The van der Waals surface area contributed by atoms with E-state index >= 15 is 0 Å². The Labute approximate surface area is 198 Å².